The molecule has 7 nitrogen and oxygen atoms in total. The van der Waals surface area contributed by atoms with Gasteiger partial charge in [-0.05, 0) is 41.6 Å². The summed E-state index contributed by atoms with van der Waals surface area (Å²) in [6, 6.07) is 8.30. The molecule has 0 saturated carbocycles. The summed E-state index contributed by atoms with van der Waals surface area (Å²) in [4.78, 5) is 13.3. The Kier molecular flexibility index (Phi) is 4.25. The van der Waals surface area contributed by atoms with Crippen LogP contribution in [0.1, 0.15) is 4.88 Å². The Bertz CT molecular complexity index is 1290. The van der Waals surface area contributed by atoms with Crippen molar-refractivity contribution in [3.05, 3.63) is 59.4 Å². The van der Waals surface area contributed by atoms with Crippen LogP contribution in [0.2, 0.25) is 0 Å². The van der Waals surface area contributed by atoms with Crippen molar-refractivity contribution in [1.82, 2.24) is 25.1 Å². The summed E-state index contributed by atoms with van der Waals surface area (Å²) < 4.78 is 5.58. The molecular formula is C21H18N6OS. The number of thiophene rings is 1. The van der Waals surface area contributed by atoms with E-state index in [0.717, 1.165) is 39.2 Å². The van der Waals surface area contributed by atoms with Crippen LogP contribution < -0.4 is 10.1 Å². The Morgan fingerprint density at radius 1 is 1.07 bits per heavy atom. The van der Waals surface area contributed by atoms with E-state index in [0.29, 0.717) is 5.82 Å². The third-order valence-corrected chi connectivity index (χ3v) is 5.66. The first-order valence-electron chi connectivity index (χ1n) is 9.05. The van der Waals surface area contributed by atoms with Crippen LogP contribution in [0.5, 0.6) is 5.75 Å². The van der Waals surface area contributed by atoms with Gasteiger partial charge in [-0.2, -0.15) is 5.10 Å². The van der Waals surface area contributed by atoms with Gasteiger partial charge < -0.3 is 15.0 Å². The zero-order valence-electron chi connectivity index (χ0n) is 15.9. The van der Waals surface area contributed by atoms with Gasteiger partial charge in [-0.15, -0.1) is 11.3 Å². The van der Waals surface area contributed by atoms with Gasteiger partial charge in [0.1, 0.15) is 23.5 Å². The lowest BCUT2D eigenvalue weighted by Crippen LogP contribution is -1.98. The summed E-state index contributed by atoms with van der Waals surface area (Å²) in [6.45, 7) is 2.11. The van der Waals surface area contributed by atoms with E-state index >= 15 is 0 Å². The van der Waals surface area contributed by atoms with Crippen molar-refractivity contribution in [2.45, 2.75) is 6.92 Å². The number of hydrogen-bond acceptors (Lipinski definition) is 6. The van der Waals surface area contributed by atoms with Crippen LogP contribution >= 0.6 is 11.3 Å². The quantitative estimate of drug-likeness (QED) is 0.379. The Labute approximate surface area is 170 Å². The average Bonchev–Trinajstić information content (AvgIpc) is 3.48. The smallest absolute Gasteiger partial charge is 0.144 e. The maximum absolute atomic E-state index is 5.58. The lowest BCUT2D eigenvalue weighted by Gasteiger charge is -2.13. The van der Waals surface area contributed by atoms with Gasteiger partial charge in [0.15, 0.2) is 0 Å². The minimum Gasteiger partial charge on any atom is -0.495 e. The third kappa shape index (κ3) is 3.13. The molecule has 8 heteroatoms. The molecule has 0 fully saturated rings. The number of fused-ring (bicyclic) bond motifs is 1. The summed E-state index contributed by atoms with van der Waals surface area (Å²) >= 11 is 1.74. The van der Waals surface area contributed by atoms with Gasteiger partial charge in [-0.3, -0.25) is 5.10 Å². The van der Waals surface area contributed by atoms with E-state index in [1.54, 1.807) is 31.0 Å². The van der Waals surface area contributed by atoms with Crippen molar-refractivity contribution in [1.29, 1.82) is 0 Å². The molecule has 0 bridgehead atoms. The van der Waals surface area contributed by atoms with Gasteiger partial charge in [-0.1, -0.05) is 6.07 Å². The summed E-state index contributed by atoms with van der Waals surface area (Å²) in [7, 11) is 1.66. The molecule has 0 unspecified atom stereocenters. The van der Waals surface area contributed by atoms with E-state index in [1.165, 1.54) is 10.4 Å². The molecule has 5 rings (SSSR count). The second-order valence-corrected chi connectivity index (χ2v) is 7.74. The van der Waals surface area contributed by atoms with Gasteiger partial charge in [0, 0.05) is 28.4 Å². The van der Waals surface area contributed by atoms with Crippen LogP contribution in [0.15, 0.2) is 54.6 Å². The fourth-order valence-electron chi connectivity index (χ4n) is 3.39. The Balaban J connectivity index is 1.61. The van der Waals surface area contributed by atoms with E-state index < -0.39 is 0 Å². The van der Waals surface area contributed by atoms with Crippen LogP contribution in [0.3, 0.4) is 0 Å². The number of aromatic nitrogens is 5. The number of benzene rings is 1. The maximum atomic E-state index is 5.58. The lowest BCUT2D eigenvalue weighted by atomic mass is 10.1. The summed E-state index contributed by atoms with van der Waals surface area (Å²) in [5, 5.41) is 13.4. The standard InChI is InChI=1S/C21H18N6OS/c1-12-5-14(10-29-12)13-3-4-18(28-2)17(6-13)27-21-19-16(15-7-25-26-8-15)9-22-20(19)23-11-24-21/h3-11H,1-2H3,(H,25,26)(H2,22,23,24,27). The summed E-state index contributed by atoms with van der Waals surface area (Å²) in [6.07, 6.45) is 7.08. The average molecular weight is 402 g/mol. The SMILES string of the molecule is COc1ccc(-c2csc(C)c2)cc1Nc1ncnc2[nH]cc(-c3cn[nH]c3)c12. The molecule has 0 amide bonds. The number of nitrogens with one attached hydrogen (secondary N) is 3. The van der Waals surface area contributed by atoms with Crippen molar-refractivity contribution in [2.24, 2.45) is 0 Å². The molecule has 4 heterocycles. The van der Waals surface area contributed by atoms with Crippen molar-refractivity contribution in [3.63, 3.8) is 0 Å². The number of H-pyrrole nitrogens is 2. The van der Waals surface area contributed by atoms with Gasteiger partial charge in [0.05, 0.1) is 24.4 Å². The number of methoxy groups -OCH3 is 1. The van der Waals surface area contributed by atoms with Crippen molar-refractivity contribution < 1.29 is 4.74 Å². The van der Waals surface area contributed by atoms with Gasteiger partial charge >= 0.3 is 0 Å². The highest BCUT2D eigenvalue weighted by molar-refractivity contribution is 7.10. The van der Waals surface area contributed by atoms with E-state index in [-0.39, 0.29) is 0 Å². The Morgan fingerprint density at radius 3 is 2.76 bits per heavy atom. The second-order valence-electron chi connectivity index (χ2n) is 6.62. The van der Waals surface area contributed by atoms with E-state index in [9.17, 15) is 0 Å². The zero-order valence-corrected chi connectivity index (χ0v) is 16.7. The highest BCUT2D eigenvalue weighted by Gasteiger charge is 2.15. The van der Waals surface area contributed by atoms with E-state index in [4.69, 9.17) is 4.74 Å². The number of ether oxygens (including phenoxy) is 1. The minimum atomic E-state index is 0.699. The molecule has 0 atom stereocenters. The van der Waals surface area contributed by atoms with Crippen molar-refractivity contribution in [3.8, 4) is 28.0 Å². The number of aryl methyl sites for hydroxylation is 1. The van der Waals surface area contributed by atoms with Crippen LogP contribution in [-0.4, -0.2) is 32.3 Å². The molecule has 0 saturated heterocycles. The number of hydrogen-bond donors (Lipinski definition) is 3. The van der Waals surface area contributed by atoms with Crippen molar-refractivity contribution >= 4 is 33.9 Å². The van der Waals surface area contributed by atoms with Gasteiger partial charge in [0.2, 0.25) is 0 Å². The van der Waals surface area contributed by atoms with Crippen LogP contribution in [0, 0.1) is 6.92 Å². The zero-order chi connectivity index (χ0) is 19.8. The molecule has 0 spiro atoms. The van der Waals surface area contributed by atoms with Crippen LogP contribution in [-0.2, 0) is 0 Å². The van der Waals surface area contributed by atoms with E-state index in [2.05, 4.69) is 61.0 Å². The maximum Gasteiger partial charge on any atom is 0.144 e. The Hall–Kier alpha value is -3.65. The third-order valence-electron chi connectivity index (χ3n) is 4.80. The second kappa shape index (κ2) is 7.06. The number of aromatic amines is 2. The number of anilines is 2. The Morgan fingerprint density at radius 2 is 2.00 bits per heavy atom. The molecule has 5 aromatic rings. The summed E-state index contributed by atoms with van der Waals surface area (Å²) in [5.41, 5.74) is 5.83. The molecular weight excluding hydrogens is 384 g/mol. The first-order chi connectivity index (χ1) is 14.2. The minimum absolute atomic E-state index is 0.699. The van der Waals surface area contributed by atoms with Crippen LogP contribution in [0.25, 0.3) is 33.3 Å². The first kappa shape index (κ1) is 17.4. The molecule has 0 aliphatic heterocycles. The first-order valence-corrected chi connectivity index (χ1v) is 9.92. The van der Waals surface area contributed by atoms with Gasteiger partial charge in [0.25, 0.3) is 0 Å². The lowest BCUT2D eigenvalue weighted by molar-refractivity contribution is 0.417. The van der Waals surface area contributed by atoms with Gasteiger partial charge in [-0.25, -0.2) is 9.97 Å². The molecule has 3 N–H and O–H groups in total. The largest absolute Gasteiger partial charge is 0.495 e. The van der Waals surface area contributed by atoms with Crippen molar-refractivity contribution in [2.75, 3.05) is 12.4 Å². The number of nitrogens with zero attached hydrogens (tertiary/aromatic N) is 3. The fourth-order valence-corrected chi connectivity index (χ4v) is 4.10. The highest BCUT2D eigenvalue weighted by Crippen LogP contribution is 2.37. The molecule has 1 aromatic carbocycles. The molecule has 144 valence electrons. The monoisotopic (exact) mass is 402 g/mol. The highest BCUT2D eigenvalue weighted by atomic mass is 32.1. The molecule has 4 aromatic heterocycles. The molecule has 0 aliphatic carbocycles. The molecule has 0 aliphatic rings. The predicted octanol–water partition coefficient (Wildman–Crippen LogP) is 5.14. The van der Waals surface area contributed by atoms with Crippen LogP contribution in [0.4, 0.5) is 11.5 Å². The van der Waals surface area contributed by atoms with E-state index in [1.807, 2.05) is 18.5 Å². The summed E-state index contributed by atoms with van der Waals surface area (Å²) in [5.74, 6) is 1.44. The molecule has 0 radical (unpaired) electrons. The normalized spacial score (nSPS) is 11.1. The topological polar surface area (TPSA) is 91.5 Å². The molecule has 29 heavy (non-hydrogen) atoms. The number of rotatable bonds is 5. The fraction of sp³-hybridized carbons (Fsp3) is 0.0952. The predicted molar refractivity (Wildman–Crippen MR) is 116 cm³/mol.